The van der Waals surface area contributed by atoms with Crippen molar-refractivity contribution in [3.05, 3.63) is 85.9 Å². The minimum absolute atomic E-state index is 0.123. The standard InChI is InChI=1S/C24H23BrIN3O3/c1-2-31-22-13-18(12-21(25)24(22)32-16-17-6-4-3-5-7-17)14-28-29-23(30)15-27-20-10-8-19(26)9-11-20/h3-14,27H,2,15-16H2,1H3,(H,29,30)/b28-14-. The highest BCUT2D eigenvalue weighted by atomic mass is 127. The summed E-state index contributed by atoms with van der Waals surface area (Å²) in [7, 11) is 0. The molecular weight excluding hydrogens is 585 g/mol. The molecule has 0 aromatic heterocycles. The van der Waals surface area contributed by atoms with Crippen molar-refractivity contribution in [2.45, 2.75) is 13.5 Å². The summed E-state index contributed by atoms with van der Waals surface area (Å²) >= 11 is 5.79. The molecule has 0 atom stereocenters. The van der Waals surface area contributed by atoms with Crippen molar-refractivity contribution in [3.8, 4) is 11.5 Å². The van der Waals surface area contributed by atoms with Crippen LogP contribution in [-0.2, 0) is 11.4 Å². The third-order valence-corrected chi connectivity index (χ3v) is 5.57. The Morgan fingerprint density at radius 3 is 2.56 bits per heavy atom. The molecule has 0 radical (unpaired) electrons. The molecule has 0 aliphatic rings. The van der Waals surface area contributed by atoms with Gasteiger partial charge >= 0.3 is 0 Å². The first kappa shape index (κ1) is 24.1. The van der Waals surface area contributed by atoms with Gasteiger partial charge in [0.05, 0.1) is 23.8 Å². The van der Waals surface area contributed by atoms with Crippen molar-refractivity contribution in [1.82, 2.24) is 5.43 Å². The highest BCUT2D eigenvalue weighted by Gasteiger charge is 2.12. The van der Waals surface area contributed by atoms with Crippen molar-refractivity contribution in [2.75, 3.05) is 18.5 Å². The summed E-state index contributed by atoms with van der Waals surface area (Å²) in [5.41, 5.74) is 5.23. The second-order valence-electron chi connectivity index (χ2n) is 6.69. The topological polar surface area (TPSA) is 72.0 Å². The van der Waals surface area contributed by atoms with E-state index in [1.165, 1.54) is 0 Å². The van der Waals surface area contributed by atoms with E-state index in [0.717, 1.165) is 24.9 Å². The number of halogens is 2. The van der Waals surface area contributed by atoms with Crippen LogP contribution in [0.4, 0.5) is 5.69 Å². The zero-order chi connectivity index (χ0) is 22.8. The Labute approximate surface area is 209 Å². The summed E-state index contributed by atoms with van der Waals surface area (Å²) < 4.78 is 13.6. The van der Waals surface area contributed by atoms with Crippen LogP contribution >= 0.6 is 38.5 Å². The van der Waals surface area contributed by atoms with Crippen molar-refractivity contribution < 1.29 is 14.3 Å². The molecule has 0 unspecified atom stereocenters. The van der Waals surface area contributed by atoms with Crippen LogP contribution < -0.4 is 20.2 Å². The van der Waals surface area contributed by atoms with Gasteiger partial charge in [0.25, 0.3) is 5.91 Å². The maximum atomic E-state index is 12.0. The van der Waals surface area contributed by atoms with Crippen molar-refractivity contribution >= 4 is 56.3 Å². The molecule has 3 rings (SSSR count). The molecule has 0 aliphatic carbocycles. The molecule has 0 heterocycles. The second kappa shape index (κ2) is 12.4. The SMILES string of the molecule is CCOc1cc(/C=N\NC(=O)CNc2ccc(I)cc2)cc(Br)c1OCc1ccccc1. The first-order valence-electron chi connectivity index (χ1n) is 9.99. The lowest BCUT2D eigenvalue weighted by Crippen LogP contribution is -2.25. The van der Waals surface area contributed by atoms with E-state index in [4.69, 9.17) is 9.47 Å². The number of amides is 1. The van der Waals surface area contributed by atoms with Crippen LogP contribution in [0.2, 0.25) is 0 Å². The predicted octanol–water partition coefficient (Wildman–Crippen LogP) is 5.59. The Hall–Kier alpha value is -2.59. The van der Waals surface area contributed by atoms with E-state index in [2.05, 4.69) is 54.4 Å². The van der Waals surface area contributed by atoms with Gasteiger partial charge in [-0.1, -0.05) is 30.3 Å². The fraction of sp³-hybridized carbons (Fsp3) is 0.167. The zero-order valence-corrected chi connectivity index (χ0v) is 21.2. The molecular formula is C24H23BrIN3O3. The number of benzene rings is 3. The second-order valence-corrected chi connectivity index (χ2v) is 8.79. The molecule has 6 nitrogen and oxygen atoms in total. The van der Waals surface area contributed by atoms with E-state index in [1.807, 2.05) is 73.7 Å². The summed E-state index contributed by atoms with van der Waals surface area (Å²) in [5.74, 6) is 0.983. The van der Waals surface area contributed by atoms with Crippen LogP contribution in [0, 0.1) is 3.57 Å². The Kier molecular flexibility index (Phi) is 9.36. The lowest BCUT2D eigenvalue weighted by atomic mass is 10.2. The van der Waals surface area contributed by atoms with Gasteiger partial charge in [-0.15, -0.1) is 0 Å². The monoisotopic (exact) mass is 607 g/mol. The molecule has 3 aromatic rings. The molecule has 0 fully saturated rings. The number of hydrazone groups is 1. The van der Waals surface area contributed by atoms with Crippen LogP contribution in [0.1, 0.15) is 18.1 Å². The number of carbonyl (C=O) groups is 1. The summed E-state index contributed by atoms with van der Waals surface area (Å²) in [4.78, 5) is 12.0. The van der Waals surface area contributed by atoms with Gasteiger partial charge in [0.15, 0.2) is 11.5 Å². The molecule has 2 N–H and O–H groups in total. The molecule has 32 heavy (non-hydrogen) atoms. The number of nitrogens with zero attached hydrogens (tertiary/aromatic N) is 1. The van der Waals surface area contributed by atoms with Gasteiger partial charge in [-0.05, 0) is 93.0 Å². The molecule has 0 saturated heterocycles. The van der Waals surface area contributed by atoms with Gasteiger partial charge in [-0.2, -0.15) is 5.10 Å². The van der Waals surface area contributed by atoms with Crippen LogP contribution in [0.15, 0.2) is 76.3 Å². The third kappa shape index (κ3) is 7.52. The van der Waals surface area contributed by atoms with E-state index in [0.29, 0.717) is 24.7 Å². The largest absolute Gasteiger partial charge is 0.490 e. The average Bonchev–Trinajstić information content (AvgIpc) is 2.79. The Morgan fingerprint density at radius 1 is 1.09 bits per heavy atom. The maximum absolute atomic E-state index is 12.0. The summed E-state index contributed by atoms with van der Waals surface area (Å²) in [6.45, 7) is 2.96. The summed E-state index contributed by atoms with van der Waals surface area (Å²) in [5, 5.41) is 7.11. The number of ether oxygens (including phenoxy) is 2. The van der Waals surface area contributed by atoms with Gasteiger partial charge in [-0.25, -0.2) is 5.43 Å². The Bertz CT molecular complexity index is 1060. The number of carbonyl (C=O) groups excluding carboxylic acids is 1. The maximum Gasteiger partial charge on any atom is 0.259 e. The molecule has 1 amide bonds. The van der Waals surface area contributed by atoms with Crippen molar-refractivity contribution in [3.63, 3.8) is 0 Å². The van der Waals surface area contributed by atoms with Gasteiger partial charge in [-0.3, -0.25) is 4.79 Å². The summed E-state index contributed by atoms with van der Waals surface area (Å²) in [6.07, 6.45) is 1.57. The van der Waals surface area contributed by atoms with E-state index in [1.54, 1.807) is 6.21 Å². The van der Waals surface area contributed by atoms with Gasteiger partial charge in [0.1, 0.15) is 6.61 Å². The van der Waals surface area contributed by atoms with Crippen LogP contribution in [0.5, 0.6) is 11.5 Å². The molecule has 0 aliphatic heterocycles. The number of hydrogen-bond acceptors (Lipinski definition) is 5. The van der Waals surface area contributed by atoms with E-state index in [9.17, 15) is 4.79 Å². The lowest BCUT2D eigenvalue weighted by Gasteiger charge is -2.14. The first-order valence-corrected chi connectivity index (χ1v) is 11.9. The van der Waals surface area contributed by atoms with Crippen LogP contribution in [-0.4, -0.2) is 25.3 Å². The number of hydrogen-bond donors (Lipinski definition) is 2. The van der Waals surface area contributed by atoms with Crippen LogP contribution in [0.3, 0.4) is 0 Å². The molecule has 0 spiro atoms. The summed E-state index contributed by atoms with van der Waals surface area (Å²) in [6, 6.07) is 21.4. The molecule has 0 bridgehead atoms. The third-order valence-electron chi connectivity index (χ3n) is 4.26. The van der Waals surface area contributed by atoms with Crippen molar-refractivity contribution in [2.24, 2.45) is 5.10 Å². The predicted molar refractivity (Wildman–Crippen MR) is 139 cm³/mol. The quantitative estimate of drug-likeness (QED) is 0.179. The molecule has 3 aromatic carbocycles. The van der Waals surface area contributed by atoms with Gasteiger partial charge < -0.3 is 14.8 Å². The fourth-order valence-corrected chi connectivity index (χ4v) is 3.70. The normalized spacial score (nSPS) is 10.7. The lowest BCUT2D eigenvalue weighted by molar-refractivity contribution is -0.119. The van der Waals surface area contributed by atoms with E-state index >= 15 is 0 Å². The Balaban J connectivity index is 1.59. The minimum atomic E-state index is -0.244. The average molecular weight is 608 g/mol. The van der Waals surface area contributed by atoms with Gasteiger partial charge in [0, 0.05) is 9.26 Å². The van der Waals surface area contributed by atoms with E-state index in [-0.39, 0.29) is 12.5 Å². The fourth-order valence-electron chi connectivity index (χ4n) is 2.76. The van der Waals surface area contributed by atoms with E-state index < -0.39 is 0 Å². The highest BCUT2D eigenvalue weighted by molar-refractivity contribution is 14.1. The number of anilines is 1. The highest BCUT2D eigenvalue weighted by Crippen LogP contribution is 2.37. The Morgan fingerprint density at radius 2 is 1.84 bits per heavy atom. The van der Waals surface area contributed by atoms with Gasteiger partial charge in [0.2, 0.25) is 0 Å². The molecule has 166 valence electrons. The first-order chi connectivity index (χ1) is 15.5. The number of rotatable bonds is 10. The van der Waals surface area contributed by atoms with Crippen LogP contribution in [0.25, 0.3) is 0 Å². The number of nitrogens with one attached hydrogen (secondary N) is 2. The molecule has 0 saturated carbocycles. The molecule has 8 heteroatoms. The van der Waals surface area contributed by atoms with Crippen molar-refractivity contribution in [1.29, 1.82) is 0 Å². The minimum Gasteiger partial charge on any atom is -0.490 e. The zero-order valence-electron chi connectivity index (χ0n) is 17.5. The smallest absolute Gasteiger partial charge is 0.259 e.